The van der Waals surface area contributed by atoms with Crippen LogP contribution in [0.3, 0.4) is 0 Å². The summed E-state index contributed by atoms with van der Waals surface area (Å²) in [5.41, 5.74) is 5.32. The zero-order valence-corrected chi connectivity index (χ0v) is 14.0. The van der Waals surface area contributed by atoms with E-state index in [9.17, 15) is 5.21 Å². The van der Waals surface area contributed by atoms with Gasteiger partial charge in [-0.05, 0) is 29.8 Å². The van der Waals surface area contributed by atoms with Crippen LogP contribution in [0.4, 0.5) is 5.69 Å². The van der Waals surface area contributed by atoms with Gasteiger partial charge in [-0.2, -0.15) is 0 Å². The van der Waals surface area contributed by atoms with Gasteiger partial charge in [-0.15, -0.1) is 10.2 Å². The Balaban J connectivity index is 1.63. The molecule has 4 rings (SSSR count). The SMILES string of the molecule is COc1ccccc1-c1nnc2n1N[C@H](c1ccc(N([O-])O)cc1)S2. The average Bonchev–Trinajstić information content (AvgIpc) is 3.22. The molecular weight excluding hydrogens is 342 g/mol. The van der Waals surface area contributed by atoms with E-state index in [2.05, 4.69) is 15.6 Å². The summed E-state index contributed by atoms with van der Waals surface area (Å²) in [5.74, 6) is 1.39. The molecule has 0 fully saturated rings. The van der Waals surface area contributed by atoms with E-state index in [-0.39, 0.29) is 16.3 Å². The fraction of sp³-hybridized carbons (Fsp3) is 0.125. The predicted octanol–water partition coefficient (Wildman–Crippen LogP) is 3.00. The van der Waals surface area contributed by atoms with Crippen molar-refractivity contribution in [1.82, 2.24) is 14.9 Å². The highest BCUT2D eigenvalue weighted by Crippen LogP contribution is 2.41. The quantitative estimate of drug-likeness (QED) is 0.689. The number of nitrogens with zero attached hydrogens (tertiary/aromatic N) is 4. The summed E-state index contributed by atoms with van der Waals surface area (Å²) in [6.07, 6.45) is 0. The number of fused-ring (bicyclic) bond motifs is 1. The van der Waals surface area contributed by atoms with Crippen LogP contribution in [0, 0.1) is 5.21 Å². The zero-order valence-electron chi connectivity index (χ0n) is 13.2. The van der Waals surface area contributed by atoms with Crippen molar-refractivity contribution in [1.29, 1.82) is 0 Å². The van der Waals surface area contributed by atoms with E-state index in [1.807, 2.05) is 28.9 Å². The summed E-state index contributed by atoms with van der Waals surface area (Å²) in [7, 11) is 1.62. The lowest BCUT2D eigenvalue weighted by atomic mass is 10.2. The number of ether oxygens (including phenoxy) is 1. The van der Waals surface area contributed by atoms with E-state index in [0.717, 1.165) is 22.0 Å². The number of rotatable bonds is 4. The molecule has 9 heteroatoms. The Morgan fingerprint density at radius 3 is 2.68 bits per heavy atom. The second-order valence-corrected chi connectivity index (χ2v) is 6.41. The number of aromatic nitrogens is 3. The number of benzene rings is 2. The minimum Gasteiger partial charge on any atom is -0.733 e. The highest BCUT2D eigenvalue weighted by Gasteiger charge is 2.29. The first-order valence-corrected chi connectivity index (χ1v) is 8.33. The van der Waals surface area contributed by atoms with Crippen LogP contribution in [-0.2, 0) is 0 Å². The molecule has 2 heterocycles. The topological polar surface area (TPSA) is 98.5 Å². The van der Waals surface area contributed by atoms with E-state index >= 15 is 0 Å². The average molecular weight is 356 g/mol. The van der Waals surface area contributed by atoms with Gasteiger partial charge in [0.2, 0.25) is 5.16 Å². The van der Waals surface area contributed by atoms with E-state index in [1.165, 1.54) is 11.8 Å². The number of nitrogens with one attached hydrogen (secondary N) is 1. The molecule has 0 spiro atoms. The first kappa shape index (κ1) is 15.8. The summed E-state index contributed by atoms with van der Waals surface area (Å²) in [5, 5.41) is 28.8. The summed E-state index contributed by atoms with van der Waals surface area (Å²) in [4.78, 5) is 0. The Morgan fingerprint density at radius 1 is 1.20 bits per heavy atom. The van der Waals surface area contributed by atoms with Crippen molar-refractivity contribution < 1.29 is 9.94 Å². The molecule has 3 aromatic rings. The molecule has 25 heavy (non-hydrogen) atoms. The molecule has 0 bridgehead atoms. The maximum atomic E-state index is 10.9. The van der Waals surface area contributed by atoms with Gasteiger partial charge in [0.15, 0.2) is 5.82 Å². The van der Waals surface area contributed by atoms with Crippen LogP contribution < -0.4 is 15.4 Å². The highest BCUT2D eigenvalue weighted by atomic mass is 32.2. The molecule has 1 aliphatic heterocycles. The Hall–Kier alpha value is -2.75. The van der Waals surface area contributed by atoms with Crippen LogP contribution in [-0.4, -0.2) is 27.2 Å². The van der Waals surface area contributed by atoms with Crippen LogP contribution in [0.1, 0.15) is 10.9 Å². The van der Waals surface area contributed by atoms with Crippen LogP contribution in [0.25, 0.3) is 11.4 Å². The van der Waals surface area contributed by atoms with Gasteiger partial charge in [0, 0.05) is 0 Å². The third kappa shape index (κ3) is 2.78. The second-order valence-electron chi connectivity index (χ2n) is 5.33. The van der Waals surface area contributed by atoms with Crippen LogP contribution in [0.15, 0.2) is 53.7 Å². The molecule has 1 aromatic heterocycles. The third-order valence-corrected chi connectivity index (χ3v) is 4.96. The normalized spacial score (nSPS) is 15.6. The fourth-order valence-electron chi connectivity index (χ4n) is 2.63. The Kier molecular flexibility index (Phi) is 3.96. The van der Waals surface area contributed by atoms with Crippen molar-refractivity contribution in [2.45, 2.75) is 10.5 Å². The van der Waals surface area contributed by atoms with Gasteiger partial charge in [-0.1, -0.05) is 36.0 Å². The molecular formula is C16H14N5O3S-. The summed E-state index contributed by atoms with van der Waals surface area (Å²) in [6.45, 7) is 0. The maximum Gasteiger partial charge on any atom is 0.212 e. The molecule has 8 nitrogen and oxygen atoms in total. The third-order valence-electron chi connectivity index (χ3n) is 3.87. The van der Waals surface area contributed by atoms with Crippen LogP contribution >= 0.6 is 11.8 Å². The predicted molar refractivity (Wildman–Crippen MR) is 94.0 cm³/mol. The van der Waals surface area contributed by atoms with E-state index in [1.54, 1.807) is 31.4 Å². The van der Waals surface area contributed by atoms with E-state index in [4.69, 9.17) is 9.94 Å². The Bertz CT molecular complexity index is 897. The first-order valence-electron chi connectivity index (χ1n) is 7.45. The van der Waals surface area contributed by atoms with E-state index < -0.39 is 0 Å². The molecule has 0 saturated heterocycles. The molecule has 0 radical (unpaired) electrons. The fourth-order valence-corrected chi connectivity index (χ4v) is 3.63. The smallest absolute Gasteiger partial charge is 0.212 e. The van der Waals surface area contributed by atoms with Gasteiger partial charge in [0.1, 0.15) is 11.1 Å². The molecule has 1 aliphatic rings. The molecule has 0 aliphatic carbocycles. The Morgan fingerprint density at radius 2 is 1.96 bits per heavy atom. The van der Waals surface area contributed by atoms with Gasteiger partial charge in [0.25, 0.3) is 0 Å². The van der Waals surface area contributed by atoms with Gasteiger partial charge < -0.3 is 20.6 Å². The minimum atomic E-state index is -0.159. The molecule has 1 atom stereocenters. The molecule has 2 N–H and O–H groups in total. The zero-order chi connectivity index (χ0) is 17.4. The van der Waals surface area contributed by atoms with E-state index in [0.29, 0.717) is 5.82 Å². The van der Waals surface area contributed by atoms with Crippen molar-refractivity contribution >= 4 is 17.4 Å². The number of hydrogen-bond acceptors (Lipinski definition) is 8. The van der Waals surface area contributed by atoms with Gasteiger partial charge in [-0.25, -0.2) is 4.68 Å². The summed E-state index contributed by atoms with van der Waals surface area (Å²) < 4.78 is 7.23. The summed E-state index contributed by atoms with van der Waals surface area (Å²) >= 11 is 1.52. The lowest BCUT2D eigenvalue weighted by Gasteiger charge is -2.22. The number of methoxy groups -OCH3 is 1. The molecule has 0 amide bonds. The van der Waals surface area contributed by atoms with Gasteiger partial charge in [0.05, 0.1) is 18.4 Å². The van der Waals surface area contributed by atoms with Gasteiger partial charge in [-0.3, -0.25) is 5.21 Å². The van der Waals surface area contributed by atoms with Gasteiger partial charge >= 0.3 is 0 Å². The molecule has 128 valence electrons. The number of anilines is 1. The number of thioether (sulfide) groups is 1. The standard InChI is InChI=1S/C16H14N5O3S/c1-24-13-5-3-2-4-12(13)14-17-18-16-20(14)19-15(25-16)10-6-8-11(9-7-10)21(22)23/h2-9,15,19,22H,1H3/q-1/t15-/m0/s1. The van der Waals surface area contributed by atoms with Crippen LogP contribution in [0.2, 0.25) is 0 Å². The minimum absolute atomic E-state index is 0.0770. The van der Waals surface area contributed by atoms with Crippen molar-refractivity contribution in [3.8, 4) is 17.1 Å². The monoisotopic (exact) mass is 356 g/mol. The number of hydrogen-bond donors (Lipinski definition) is 2. The highest BCUT2D eigenvalue weighted by molar-refractivity contribution is 7.99. The van der Waals surface area contributed by atoms with Crippen LogP contribution in [0.5, 0.6) is 5.75 Å². The molecule has 2 aromatic carbocycles. The molecule has 0 saturated carbocycles. The summed E-state index contributed by atoms with van der Waals surface area (Å²) in [6, 6.07) is 14.3. The maximum absolute atomic E-state index is 10.9. The largest absolute Gasteiger partial charge is 0.733 e. The lowest BCUT2D eigenvalue weighted by molar-refractivity contribution is 0.296. The van der Waals surface area contributed by atoms with Crippen molar-refractivity contribution in [3.63, 3.8) is 0 Å². The lowest BCUT2D eigenvalue weighted by Crippen LogP contribution is -2.14. The number of para-hydroxylation sites is 1. The van der Waals surface area contributed by atoms with Crippen molar-refractivity contribution in [3.05, 3.63) is 59.3 Å². The van der Waals surface area contributed by atoms with Crippen molar-refractivity contribution in [2.75, 3.05) is 17.8 Å². The Labute approximate surface area is 147 Å². The first-order chi connectivity index (χ1) is 12.2. The molecule has 0 unspecified atom stereocenters. The van der Waals surface area contributed by atoms with Crippen molar-refractivity contribution in [2.24, 2.45) is 0 Å². The second kappa shape index (κ2) is 6.28.